The third kappa shape index (κ3) is 1.80. The normalized spacial score (nSPS) is 39.8. The average Bonchev–Trinajstić information content (AvgIpc) is 2.45. The molecule has 1 saturated heterocycles. The zero-order valence-corrected chi connectivity index (χ0v) is 9.34. The fraction of sp³-hybridized carbons (Fsp3) is 1.00. The molecule has 1 heterocycles. The van der Waals surface area contributed by atoms with E-state index in [-0.39, 0.29) is 0 Å². The third-order valence-corrected chi connectivity index (χ3v) is 4.20. The molecule has 1 aliphatic carbocycles. The topological polar surface area (TPSA) is 0 Å². The fourth-order valence-corrected chi connectivity index (χ4v) is 3.47. The first kappa shape index (κ1) is 9.61. The van der Waals surface area contributed by atoms with Crippen molar-refractivity contribution in [2.75, 3.05) is 0 Å². The Hall–Kier alpha value is 0.0649. The predicted molar refractivity (Wildman–Crippen MR) is 59.2 cm³/mol. The average molecular weight is 177 g/mol. The van der Waals surface area contributed by atoms with Crippen molar-refractivity contribution < 1.29 is 0 Å². The second-order valence-corrected chi connectivity index (χ2v) is 6.06. The number of fused-ring (bicyclic) bond motifs is 1. The van der Waals surface area contributed by atoms with Crippen LogP contribution < -0.4 is 0 Å². The van der Waals surface area contributed by atoms with E-state index < -0.39 is 0 Å². The maximum Gasteiger partial charge on any atom is 0.114 e. The Labute approximate surface area is 83.7 Å². The van der Waals surface area contributed by atoms with Crippen LogP contribution in [0.3, 0.4) is 0 Å². The molecule has 1 saturated carbocycles. The van der Waals surface area contributed by atoms with E-state index in [0.29, 0.717) is 5.41 Å². The summed E-state index contributed by atoms with van der Waals surface area (Å²) >= 11 is 0. The van der Waals surface area contributed by atoms with Gasteiger partial charge < -0.3 is 0 Å². The zero-order valence-electron chi connectivity index (χ0n) is 9.34. The van der Waals surface area contributed by atoms with Crippen molar-refractivity contribution in [2.45, 2.75) is 58.6 Å². The summed E-state index contributed by atoms with van der Waals surface area (Å²) in [5, 5.41) is 0. The monoisotopic (exact) mass is 177 g/mol. The Morgan fingerprint density at radius 1 is 1.08 bits per heavy atom. The van der Waals surface area contributed by atoms with Gasteiger partial charge in [0.2, 0.25) is 0 Å². The molecule has 0 N–H and O–H groups in total. The molecule has 3 atom stereocenters. The Morgan fingerprint density at radius 2 is 1.77 bits per heavy atom. The molecule has 2 rings (SSSR count). The summed E-state index contributed by atoms with van der Waals surface area (Å²) in [6.07, 6.45) is 7.34. The van der Waals surface area contributed by atoms with Crippen molar-refractivity contribution in [1.82, 2.24) is 0 Å². The van der Waals surface area contributed by atoms with Crippen LogP contribution in [0.1, 0.15) is 46.5 Å². The minimum atomic E-state index is 0.535. The second kappa shape index (κ2) is 3.33. The molecular formula is C12H22B. The molecule has 13 heavy (non-hydrogen) atoms. The van der Waals surface area contributed by atoms with Crippen LogP contribution in [0.15, 0.2) is 0 Å². The van der Waals surface area contributed by atoms with Crippen LogP contribution in [0.5, 0.6) is 0 Å². The molecule has 2 fully saturated rings. The first-order valence-electron chi connectivity index (χ1n) is 5.92. The van der Waals surface area contributed by atoms with Gasteiger partial charge in [0.1, 0.15) is 7.28 Å². The van der Waals surface area contributed by atoms with E-state index in [9.17, 15) is 0 Å². The van der Waals surface area contributed by atoms with Gasteiger partial charge in [-0.25, -0.2) is 0 Å². The van der Waals surface area contributed by atoms with Crippen LogP contribution >= 0.6 is 0 Å². The van der Waals surface area contributed by atoms with Gasteiger partial charge >= 0.3 is 0 Å². The minimum absolute atomic E-state index is 0.535. The Balaban J connectivity index is 2.07. The summed E-state index contributed by atoms with van der Waals surface area (Å²) in [6, 6.07) is 0. The molecule has 0 aromatic heterocycles. The van der Waals surface area contributed by atoms with Gasteiger partial charge in [0.25, 0.3) is 0 Å². The maximum absolute atomic E-state index is 2.62. The van der Waals surface area contributed by atoms with Crippen LogP contribution in [0.4, 0.5) is 0 Å². The predicted octanol–water partition coefficient (Wildman–Crippen LogP) is 3.76. The van der Waals surface area contributed by atoms with E-state index in [1.807, 2.05) is 0 Å². The van der Waals surface area contributed by atoms with Crippen LogP contribution in [0.2, 0.25) is 12.1 Å². The van der Waals surface area contributed by atoms with Crippen LogP contribution in [-0.2, 0) is 0 Å². The summed E-state index contributed by atoms with van der Waals surface area (Å²) in [7, 11) is 2.62. The molecule has 2 aliphatic rings. The highest BCUT2D eigenvalue weighted by Gasteiger charge is 2.42. The molecule has 73 valence electrons. The van der Waals surface area contributed by atoms with Gasteiger partial charge in [-0.05, 0) is 17.3 Å². The lowest BCUT2D eigenvalue weighted by molar-refractivity contribution is 0.159. The smallest absolute Gasteiger partial charge is 0.0764 e. The van der Waals surface area contributed by atoms with E-state index in [2.05, 4.69) is 28.1 Å². The quantitative estimate of drug-likeness (QED) is 0.494. The SMILES string of the molecule is CC(C)(C)C1C[B]C2CCCCC21. The number of hydrogen-bond acceptors (Lipinski definition) is 0. The zero-order chi connectivity index (χ0) is 9.47. The van der Waals surface area contributed by atoms with Crippen molar-refractivity contribution in [3.63, 3.8) is 0 Å². The lowest BCUT2D eigenvalue weighted by Crippen LogP contribution is -2.26. The molecule has 0 bridgehead atoms. The van der Waals surface area contributed by atoms with E-state index in [0.717, 1.165) is 17.7 Å². The van der Waals surface area contributed by atoms with Crippen molar-refractivity contribution in [3.05, 3.63) is 0 Å². The molecule has 0 aromatic rings. The summed E-state index contributed by atoms with van der Waals surface area (Å²) in [5.74, 6) is 2.99. The molecule has 0 nitrogen and oxygen atoms in total. The van der Waals surface area contributed by atoms with Gasteiger partial charge in [-0.15, -0.1) is 0 Å². The Bertz CT molecular complexity index is 180. The summed E-state index contributed by atoms with van der Waals surface area (Å²) < 4.78 is 0. The van der Waals surface area contributed by atoms with E-state index >= 15 is 0 Å². The lowest BCUT2D eigenvalue weighted by Gasteiger charge is -2.37. The molecule has 0 aromatic carbocycles. The summed E-state index contributed by atoms with van der Waals surface area (Å²) in [4.78, 5) is 0. The second-order valence-electron chi connectivity index (χ2n) is 6.06. The lowest BCUT2D eigenvalue weighted by atomic mass is 9.61. The van der Waals surface area contributed by atoms with E-state index in [4.69, 9.17) is 0 Å². The molecule has 0 spiro atoms. The summed E-state index contributed by atoms with van der Waals surface area (Å²) in [5.41, 5.74) is 0.535. The Morgan fingerprint density at radius 3 is 2.46 bits per heavy atom. The third-order valence-electron chi connectivity index (χ3n) is 4.20. The van der Waals surface area contributed by atoms with Gasteiger partial charge in [0.15, 0.2) is 0 Å². The van der Waals surface area contributed by atoms with Gasteiger partial charge in [-0.2, -0.15) is 0 Å². The molecule has 1 heteroatoms. The molecule has 1 radical (unpaired) electrons. The fourth-order valence-electron chi connectivity index (χ4n) is 3.47. The first-order valence-corrected chi connectivity index (χ1v) is 5.92. The van der Waals surface area contributed by atoms with E-state index in [1.165, 1.54) is 32.0 Å². The van der Waals surface area contributed by atoms with Crippen LogP contribution in [0, 0.1) is 17.3 Å². The van der Waals surface area contributed by atoms with Crippen LogP contribution in [-0.4, -0.2) is 7.28 Å². The minimum Gasteiger partial charge on any atom is -0.0764 e. The van der Waals surface area contributed by atoms with Crippen molar-refractivity contribution in [3.8, 4) is 0 Å². The van der Waals surface area contributed by atoms with E-state index in [1.54, 1.807) is 0 Å². The van der Waals surface area contributed by atoms with Gasteiger partial charge in [0.05, 0.1) is 0 Å². The molecule has 1 aliphatic heterocycles. The summed E-state index contributed by atoms with van der Waals surface area (Å²) in [6.45, 7) is 7.26. The van der Waals surface area contributed by atoms with Crippen molar-refractivity contribution >= 4 is 7.28 Å². The number of hydrogen-bond donors (Lipinski definition) is 0. The van der Waals surface area contributed by atoms with Crippen molar-refractivity contribution in [2.24, 2.45) is 17.3 Å². The first-order chi connectivity index (χ1) is 6.09. The molecular weight excluding hydrogens is 155 g/mol. The van der Waals surface area contributed by atoms with Gasteiger partial charge in [-0.1, -0.05) is 58.6 Å². The van der Waals surface area contributed by atoms with Crippen molar-refractivity contribution in [1.29, 1.82) is 0 Å². The standard InChI is InChI=1S/C12H22B/c1-12(2,3)10-8-13-11-7-5-4-6-9(10)11/h9-11H,4-8H2,1-3H3. The van der Waals surface area contributed by atoms with Gasteiger partial charge in [-0.3, -0.25) is 0 Å². The Kier molecular flexibility index (Phi) is 2.46. The molecule has 3 unspecified atom stereocenters. The number of rotatable bonds is 0. The van der Waals surface area contributed by atoms with Gasteiger partial charge in [0, 0.05) is 0 Å². The van der Waals surface area contributed by atoms with Crippen LogP contribution in [0.25, 0.3) is 0 Å². The highest BCUT2D eigenvalue weighted by molar-refractivity contribution is 6.39. The highest BCUT2D eigenvalue weighted by Crippen LogP contribution is 2.52. The largest absolute Gasteiger partial charge is 0.114 e. The maximum atomic E-state index is 2.62. The molecule has 0 amide bonds. The highest BCUT2D eigenvalue weighted by atomic mass is 14.4.